The number of nitrogens with one attached hydrogen (secondary N) is 1. The van der Waals surface area contributed by atoms with E-state index in [0.29, 0.717) is 12.1 Å². The van der Waals surface area contributed by atoms with Crippen molar-refractivity contribution in [2.24, 2.45) is 0 Å². The molecule has 0 unspecified atom stereocenters. The van der Waals surface area contributed by atoms with Crippen LogP contribution in [-0.4, -0.2) is 27.6 Å². The van der Waals surface area contributed by atoms with Crippen LogP contribution < -0.4 is 10.2 Å². The molecule has 0 saturated carbocycles. The topological polar surface area (TPSA) is 113 Å². The number of alkyl halides is 3. The lowest BCUT2D eigenvalue weighted by Crippen LogP contribution is -2.45. The number of hydrogen-bond acceptors (Lipinski definition) is 4. The van der Waals surface area contributed by atoms with Crippen molar-refractivity contribution in [2.45, 2.75) is 32.5 Å². The van der Waals surface area contributed by atoms with Gasteiger partial charge in [-0.2, -0.15) is 13.2 Å². The molecule has 0 fully saturated rings. The Kier molecular flexibility index (Phi) is 6.24. The van der Waals surface area contributed by atoms with E-state index < -0.39 is 57.0 Å². The molecule has 0 saturated heterocycles. The number of non-ortho nitro benzene ring substituents is 1. The smallest absolute Gasteiger partial charge is 0.416 e. The van der Waals surface area contributed by atoms with Crippen LogP contribution in [0.4, 0.5) is 39.4 Å². The molecule has 0 aliphatic heterocycles. The van der Waals surface area contributed by atoms with E-state index in [2.05, 4.69) is 0 Å². The van der Waals surface area contributed by atoms with Crippen molar-refractivity contribution in [2.75, 3.05) is 10.2 Å². The second kappa shape index (κ2) is 8.20. The van der Waals surface area contributed by atoms with Crippen LogP contribution in [0.5, 0.6) is 0 Å². The van der Waals surface area contributed by atoms with Crippen LogP contribution in [0.3, 0.4) is 0 Å². The van der Waals surface area contributed by atoms with Gasteiger partial charge in [0.2, 0.25) is 0 Å². The molecule has 0 aliphatic carbocycles. The summed E-state index contributed by atoms with van der Waals surface area (Å²) in [4.78, 5) is 34.8. The van der Waals surface area contributed by atoms with E-state index in [9.17, 15) is 42.4 Å². The monoisotopic (exact) mass is 443 g/mol. The Morgan fingerprint density at radius 1 is 1.10 bits per heavy atom. The van der Waals surface area contributed by atoms with E-state index in [4.69, 9.17) is 0 Å². The minimum Gasteiger partial charge on any atom is -0.465 e. The number of nitrogens with zero attached hydrogens (tertiary/aromatic N) is 2. The molecule has 0 spiro atoms. The molecule has 31 heavy (non-hydrogen) atoms. The lowest BCUT2D eigenvalue weighted by molar-refractivity contribution is -0.385. The summed E-state index contributed by atoms with van der Waals surface area (Å²) in [6.45, 7) is 4.72. The van der Waals surface area contributed by atoms with Gasteiger partial charge in [0.15, 0.2) is 0 Å². The van der Waals surface area contributed by atoms with Crippen molar-refractivity contribution in [1.82, 2.24) is 0 Å². The average Bonchev–Trinajstić information content (AvgIpc) is 2.61. The lowest BCUT2D eigenvalue weighted by Gasteiger charge is -2.33. The number of hydrogen-bond donors (Lipinski definition) is 2. The molecule has 2 aromatic rings. The van der Waals surface area contributed by atoms with Gasteiger partial charge in [0, 0.05) is 28.9 Å². The maximum absolute atomic E-state index is 14.2. The number of halogens is 4. The number of carbonyl (C=O) groups is 2. The highest BCUT2D eigenvalue weighted by Crippen LogP contribution is 2.33. The Bertz CT molecular complexity index is 1050. The maximum atomic E-state index is 14.2. The molecule has 0 heterocycles. The number of amides is 2. The van der Waals surface area contributed by atoms with Gasteiger partial charge < -0.3 is 10.4 Å². The molecular weight excluding hydrogens is 426 g/mol. The normalized spacial score (nSPS) is 11.7. The second-order valence-electron chi connectivity index (χ2n) is 7.43. The largest absolute Gasteiger partial charge is 0.465 e. The van der Waals surface area contributed by atoms with Crippen LogP contribution in [-0.2, 0) is 6.18 Å². The molecule has 2 N–H and O–H groups in total. The summed E-state index contributed by atoms with van der Waals surface area (Å²) < 4.78 is 53.3. The molecule has 2 aromatic carbocycles. The highest BCUT2D eigenvalue weighted by molar-refractivity contribution is 6.05. The molecule has 0 radical (unpaired) electrons. The minimum absolute atomic E-state index is 0.00766. The fourth-order valence-electron chi connectivity index (χ4n) is 2.74. The summed E-state index contributed by atoms with van der Waals surface area (Å²) in [5.74, 6) is -2.24. The highest BCUT2D eigenvalue weighted by atomic mass is 19.4. The lowest BCUT2D eigenvalue weighted by atomic mass is 10.0. The predicted octanol–water partition coefficient (Wildman–Crippen LogP) is 5.29. The third-order valence-corrected chi connectivity index (χ3v) is 4.04. The fourth-order valence-corrected chi connectivity index (χ4v) is 2.74. The van der Waals surface area contributed by atoms with Gasteiger partial charge >= 0.3 is 12.3 Å². The number of nitro benzene ring substituents is 1. The standard InChI is InChI=1S/C19H17F4N3O5/c1-18(2,3)25(17(28)29)12-4-5-14(20)15(9-12)24-16(27)10-6-11(19(21,22)23)8-13(7-10)26(30)31/h4-9H,1-3H3,(H,24,27)(H,28,29). The Morgan fingerprint density at radius 3 is 2.19 bits per heavy atom. The first-order valence-electron chi connectivity index (χ1n) is 8.62. The Hall–Kier alpha value is -3.70. The molecule has 2 rings (SSSR count). The zero-order chi connectivity index (χ0) is 23.7. The minimum atomic E-state index is -4.96. The maximum Gasteiger partial charge on any atom is 0.416 e. The van der Waals surface area contributed by atoms with Gasteiger partial charge in [0.1, 0.15) is 5.82 Å². The van der Waals surface area contributed by atoms with Gasteiger partial charge in [0.05, 0.1) is 16.2 Å². The van der Waals surface area contributed by atoms with Crippen molar-refractivity contribution in [3.8, 4) is 0 Å². The van der Waals surface area contributed by atoms with E-state index in [1.54, 1.807) is 20.8 Å². The van der Waals surface area contributed by atoms with Crippen LogP contribution >= 0.6 is 0 Å². The van der Waals surface area contributed by atoms with Gasteiger partial charge in [-0.3, -0.25) is 19.8 Å². The number of carboxylic acid groups (broad SMARTS) is 1. The van der Waals surface area contributed by atoms with Gasteiger partial charge in [-0.25, -0.2) is 9.18 Å². The first-order valence-corrected chi connectivity index (χ1v) is 8.62. The fraction of sp³-hybridized carbons (Fsp3) is 0.263. The number of nitro groups is 1. The number of rotatable bonds is 4. The summed E-state index contributed by atoms with van der Waals surface area (Å²) in [6, 6.07) is 4.30. The van der Waals surface area contributed by atoms with Crippen LogP contribution in [0.2, 0.25) is 0 Å². The molecule has 166 valence electrons. The first kappa shape index (κ1) is 23.6. The summed E-state index contributed by atoms with van der Waals surface area (Å²) in [5.41, 5.74) is -4.58. The summed E-state index contributed by atoms with van der Waals surface area (Å²) >= 11 is 0. The van der Waals surface area contributed by atoms with Crippen molar-refractivity contribution >= 4 is 29.1 Å². The summed E-state index contributed by atoms with van der Waals surface area (Å²) in [5, 5.41) is 22.4. The van der Waals surface area contributed by atoms with E-state index in [1.807, 2.05) is 5.32 Å². The average molecular weight is 443 g/mol. The molecule has 8 nitrogen and oxygen atoms in total. The number of carbonyl (C=O) groups excluding carboxylic acids is 1. The summed E-state index contributed by atoms with van der Waals surface area (Å²) in [6.07, 6.45) is -6.31. The zero-order valence-corrected chi connectivity index (χ0v) is 16.5. The quantitative estimate of drug-likeness (QED) is 0.379. The Morgan fingerprint density at radius 2 is 1.71 bits per heavy atom. The third-order valence-electron chi connectivity index (χ3n) is 4.04. The second-order valence-corrected chi connectivity index (χ2v) is 7.43. The van der Waals surface area contributed by atoms with Crippen molar-refractivity contribution in [3.05, 3.63) is 63.5 Å². The molecule has 2 amide bonds. The van der Waals surface area contributed by atoms with Crippen molar-refractivity contribution in [3.63, 3.8) is 0 Å². The molecule has 0 aromatic heterocycles. The SMILES string of the molecule is CC(C)(C)N(C(=O)O)c1ccc(F)c(NC(=O)c2cc([N+](=O)[O-])cc(C(F)(F)F)c2)c1. The Labute approximate surface area is 173 Å². The molecule has 0 bridgehead atoms. The zero-order valence-electron chi connectivity index (χ0n) is 16.5. The predicted molar refractivity (Wildman–Crippen MR) is 103 cm³/mol. The molecule has 12 heteroatoms. The van der Waals surface area contributed by atoms with E-state index in [0.717, 1.165) is 23.1 Å². The van der Waals surface area contributed by atoms with Gasteiger partial charge in [-0.1, -0.05) is 0 Å². The first-order chi connectivity index (χ1) is 14.1. The Balaban J connectivity index is 2.48. The third kappa shape index (κ3) is 5.47. The van der Waals surface area contributed by atoms with Gasteiger partial charge in [-0.15, -0.1) is 0 Å². The van der Waals surface area contributed by atoms with Gasteiger partial charge in [-0.05, 0) is 45.0 Å². The van der Waals surface area contributed by atoms with Crippen LogP contribution in [0.15, 0.2) is 36.4 Å². The van der Waals surface area contributed by atoms with E-state index in [1.165, 1.54) is 0 Å². The van der Waals surface area contributed by atoms with Crippen LogP contribution in [0.1, 0.15) is 36.7 Å². The molecule has 0 atom stereocenters. The molecular formula is C19H17F4N3O5. The van der Waals surface area contributed by atoms with E-state index in [-0.39, 0.29) is 11.8 Å². The summed E-state index contributed by atoms with van der Waals surface area (Å²) in [7, 11) is 0. The van der Waals surface area contributed by atoms with Crippen molar-refractivity contribution in [1.29, 1.82) is 0 Å². The van der Waals surface area contributed by atoms with E-state index >= 15 is 0 Å². The number of benzene rings is 2. The van der Waals surface area contributed by atoms with Crippen LogP contribution in [0, 0.1) is 15.9 Å². The molecule has 0 aliphatic rings. The van der Waals surface area contributed by atoms with Crippen LogP contribution in [0.25, 0.3) is 0 Å². The van der Waals surface area contributed by atoms with Crippen molar-refractivity contribution < 1.29 is 37.2 Å². The number of anilines is 2. The highest BCUT2D eigenvalue weighted by Gasteiger charge is 2.34. The van der Waals surface area contributed by atoms with Gasteiger partial charge in [0.25, 0.3) is 11.6 Å².